The summed E-state index contributed by atoms with van der Waals surface area (Å²) in [5, 5.41) is 1.09. The van der Waals surface area contributed by atoms with Crippen molar-refractivity contribution in [2.45, 2.75) is 13.3 Å². The summed E-state index contributed by atoms with van der Waals surface area (Å²) in [5.41, 5.74) is 1.95. The highest BCUT2D eigenvalue weighted by molar-refractivity contribution is 8.13. The van der Waals surface area contributed by atoms with Crippen LogP contribution in [-0.2, 0) is 15.5 Å². The van der Waals surface area contributed by atoms with Crippen LogP contribution in [0.2, 0.25) is 0 Å². The Hall–Kier alpha value is -0.650. The van der Waals surface area contributed by atoms with E-state index >= 15 is 0 Å². The van der Waals surface area contributed by atoms with Gasteiger partial charge in [-0.1, -0.05) is 6.07 Å². The van der Waals surface area contributed by atoms with E-state index in [2.05, 4.69) is 4.37 Å². The predicted octanol–water partition coefficient (Wildman–Crippen LogP) is 2.72. The Bertz CT molecular complexity index is 619. The third-order valence-electron chi connectivity index (χ3n) is 2.35. The lowest BCUT2D eigenvalue weighted by Gasteiger charge is -1.99. The van der Waals surface area contributed by atoms with Crippen LogP contribution in [0.4, 0.5) is 0 Å². The molecular formula is C10H10ClNO2S2. The second kappa shape index (κ2) is 4.31. The molecule has 0 unspecified atom stereocenters. The van der Waals surface area contributed by atoms with E-state index < -0.39 is 9.05 Å². The van der Waals surface area contributed by atoms with Gasteiger partial charge in [-0.15, -0.1) is 0 Å². The number of halogens is 1. The molecule has 6 heteroatoms. The predicted molar refractivity (Wildman–Crippen MR) is 67.7 cm³/mol. The van der Waals surface area contributed by atoms with Gasteiger partial charge in [-0.25, -0.2) is 8.42 Å². The third-order valence-corrected chi connectivity index (χ3v) is 4.42. The van der Waals surface area contributed by atoms with Crippen LogP contribution in [0.5, 0.6) is 0 Å². The summed E-state index contributed by atoms with van der Waals surface area (Å²) in [7, 11) is 1.76. The van der Waals surface area contributed by atoms with Crippen molar-refractivity contribution in [1.29, 1.82) is 0 Å². The Morgan fingerprint density at radius 2 is 2.19 bits per heavy atom. The largest absolute Gasteiger partial charge is 0.232 e. The van der Waals surface area contributed by atoms with E-state index in [-0.39, 0.29) is 5.75 Å². The van der Waals surface area contributed by atoms with Crippen molar-refractivity contribution in [3.05, 3.63) is 29.5 Å². The lowest BCUT2D eigenvalue weighted by molar-refractivity contribution is 0.609. The van der Waals surface area contributed by atoms with Crippen LogP contribution in [0.25, 0.3) is 10.1 Å². The molecule has 1 aromatic heterocycles. The van der Waals surface area contributed by atoms with Gasteiger partial charge < -0.3 is 0 Å². The Labute approximate surface area is 103 Å². The molecule has 0 saturated carbocycles. The Morgan fingerprint density at radius 1 is 1.44 bits per heavy atom. The van der Waals surface area contributed by atoms with Crippen molar-refractivity contribution in [2.75, 3.05) is 5.75 Å². The van der Waals surface area contributed by atoms with E-state index in [0.717, 1.165) is 21.3 Å². The molecule has 0 radical (unpaired) electrons. The second-order valence-electron chi connectivity index (χ2n) is 3.59. The van der Waals surface area contributed by atoms with Crippen LogP contribution in [0.15, 0.2) is 18.2 Å². The van der Waals surface area contributed by atoms with E-state index in [1.165, 1.54) is 11.5 Å². The molecule has 0 aliphatic rings. The van der Waals surface area contributed by atoms with Crippen molar-refractivity contribution in [1.82, 2.24) is 4.37 Å². The van der Waals surface area contributed by atoms with Gasteiger partial charge in [-0.2, -0.15) is 4.37 Å². The molecule has 0 atom stereocenters. The molecule has 0 spiro atoms. The van der Waals surface area contributed by atoms with E-state index in [1.54, 1.807) is 0 Å². The Morgan fingerprint density at radius 3 is 2.88 bits per heavy atom. The van der Waals surface area contributed by atoms with Crippen LogP contribution >= 0.6 is 22.2 Å². The molecule has 1 heterocycles. The van der Waals surface area contributed by atoms with Crippen LogP contribution in [-0.4, -0.2) is 18.5 Å². The van der Waals surface area contributed by atoms with Gasteiger partial charge in [0.05, 0.1) is 16.1 Å². The maximum absolute atomic E-state index is 10.8. The van der Waals surface area contributed by atoms with Gasteiger partial charge in [-0.05, 0) is 42.6 Å². The Kier molecular flexibility index (Phi) is 3.19. The van der Waals surface area contributed by atoms with E-state index in [9.17, 15) is 8.42 Å². The van der Waals surface area contributed by atoms with Crippen molar-refractivity contribution in [3.8, 4) is 0 Å². The number of rotatable bonds is 3. The number of benzene rings is 1. The summed E-state index contributed by atoms with van der Waals surface area (Å²) in [4.78, 5) is 0. The van der Waals surface area contributed by atoms with Crippen LogP contribution in [0.3, 0.4) is 0 Å². The van der Waals surface area contributed by atoms with Crippen molar-refractivity contribution in [3.63, 3.8) is 0 Å². The first-order valence-electron chi connectivity index (χ1n) is 4.73. The number of nitrogens with zero attached hydrogens (tertiary/aromatic N) is 1. The molecule has 0 amide bonds. The van der Waals surface area contributed by atoms with Gasteiger partial charge in [0, 0.05) is 16.1 Å². The van der Waals surface area contributed by atoms with Gasteiger partial charge in [0.1, 0.15) is 0 Å². The number of aromatic nitrogens is 1. The molecule has 3 nitrogen and oxygen atoms in total. The molecule has 0 fully saturated rings. The van der Waals surface area contributed by atoms with Gasteiger partial charge in [0.15, 0.2) is 0 Å². The number of aryl methyl sites for hydroxylation is 2. The molecular weight excluding hydrogens is 266 g/mol. The van der Waals surface area contributed by atoms with Gasteiger partial charge in [0.25, 0.3) is 0 Å². The van der Waals surface area contributed by atoms with Gasteiger partial charge in [0.2, 0.25) is 9.05 Å². The summed E-state index contributed by atoms with van der Waals surface area (Å²) >= 11 is 1.45. The van der Waals surface area contributed by atoms with Crippen molar-refractivity contribution in [2.24, 2.45) is 0 Å². The lowest BCUT2D eigenvalue weighted by atomic mass is 10.1. The molecule has 0 N–H and O–H groups in total. The quantitative estimate of drug-likeness (QED) is 0.809. The first-order chi connectivity index (χ1) is 7.46. The fourth-order valence-electron chi connectivity index (χ4n) is 1.50. The van der Waals surface area contributed by atoms with Gasteiger partial charge >= 0.3 is 0 Å². The normalized spacial score (nSPS) is 12.1. The highest BCUT2D eigenvalue weighted by Crippen LogP contribution is 2.23. The molecule has 0 aliphatic heterocycles. The maximum Gasteiger partial charge on any atom is 0.232 e. The third kappa shape index (κ3) is 2.72. The van der Waals surface area contributed by atoms with Crippen LogP contribution in [0.1, 0.15) is 11.3 Å². The lowest BCUT2D eigenvalue weighted by Crippen LogP contribution is -2.00. The molecule has 86 valence electrons. The van der Waals surface area contributed by atoms with Gasteiger partial charge in [-0.3, -0.25) is 0 Å². The zero-order valence-electron chi connectivity index (χ0n) is 8.60. The smallest absolute Gasteiger partial charge is 0.212 e. The maximum atomic E-state index is 10.8. The molecule has 0 bridgehead atoms. The zero-order chi connectivity index (χ0) is 11.8. The summed E-state index contributed by atoms with van der Waals surface area (Å²) in [6, 6.07) is 5.87. The van der Waals surface area contributed by atoms with E-state index in [4.69, 9.17) is 10.7 Å². The SMILES string of the molecule is Cc1nsc2ccc(CCS(=O)(=O)Cl)cc12. The molecule has 0 aliphatic carbocycles. The fourth-order valence-corrected chi connectivity index (χ4v) is 2.98. The average Bonchev–Trinajstić information content (AvgIpc) is 2.56. The number of fused-ring (bicyclic) bond motifs is 1. The second-order valence-corrected chi connectivity index (χ2v) is 7.29. The van der Waals surface area contributed by atoms with Crippen LogP contribution in [0, 0.1) is 6.92 Å². The summed E-state index contributed by atoms with van der Waals surface area (Å²) < 4.78 is 27.0. The van der Waals surface area contributed by atoms with E-state index in [0.29, 0.717) is 6.42 Å². The number of hydrogen-bond donors (Lipinski definition) is 0. The molecule has 2 aromatic rings. The highest BCUT2D eigenvalue weighted by atomic mass is 35.7. The van der Waals surface area contributed by atoms with Crippen molar-refractivity contribution >= 4 is 41.4 Å². The molecule has 0 saturated heterocycles. The minimum atomic E-state index is -3.41. The topological polar surface area (TPSA) is 47.0 Å². The zero-order valence-corrected chi connectivity index (χ0v) is 11.0. The molecule has 16 heavy (non-hydrogen) atoms. The minimum Gasteiger partial charge on any atom is -0.212 e. The van der Waals surface area contributed by atoms with Crippen LogP contribution < -0.4 is 0 Å². The standard InChI is InChI=1S/C10H10ClNO2S2/c1-7-9-6-8(4-5-16(11,13)14)2-3-10(9)15-12-7/h2-3,6H,4-5H2,1H3. The van der Waals surface area contributed by atoms with Crippen molar-refractivity contribution < 1.29 is 8.42 Å². The minimum absolute atomic E-state index is 0.0311. The fraction of sp³-hybridized carbons (Fsp3) is 0.300. The molecule has 1 aromatic carbocycles. The first-order valence-corrected chi connectivity index (χ1v) is 7.98. The average molecular weight is 276 g/mol. The Balaban J connectivity index is 2.29. The highest BCUT2D eigenvalue weighted by Gasteiger charge is 2.07. The number of hydrogen-bond acceptors (Lipinski definition) is 4. The molecule has 2 rings (SSSR count). The van der Waals surface area contributed by atoms with E-state index in [1.807, 2.05) is 25.1 Å². The summed E-state index contributed by atoms with van der Waals surface area (Å²) in [6.45, 7) is 1.95. The summed E-state index contributed by atoms with van der Waals surface area (Å²) in [5.74, 6) is -0.0311. The summed E-state index contributed by atoms with van der Waals surface area (Å²) in [6.07, 6.45) is 0.442. The first kappa shape index (κ1) is 11.8. The monoisotopic (exact) mass is 275 g/mol.